The highest BCUT2D eigenvalue weighted by molar-refractivity contribution is 7.89. The van der Waals surface area contributed by atoms with E-state index in [1.807, 2.05) is 0 Å². The Labute approximate surface area is 116 Å². The van der Waals surface area contributed by atoms with E-state index in [0.29, 0.717) is 37.0 Å². The number of nitrogens with zero attached hydrogens (tertiary/aromatic N) is 3. The zero-order valence-electron chi connectivity index (χ0n) is 11.0. The number of aromatic nitrogens is 2. The van der Waals surface area contributed by atoms with Gasteiger partial charge in [0, 0.05) is 19.0 Å². The van der Waals surface area contributed by atoms with Crippen LogP contribution in [-0.2, 0) is 10.0 Å². The number of hydrogen-bond acceptors (Lipinski definition) is 6. The molecule has 1 fully saturated rings. The average molecular weight is 297 g/mol. The van der Waals surface area contributed by atoms with Crippen molar-refractivity contribution in [1.82, 2.24) is 14.4 Å². The van der Waals surface area contributed by atoms with Gasteiger partial charge in [-0.05, 0) is 25.5 Å². The number of sulfonamides is 1. The van der Waals surface area contributed by atoms with Gasteiger partial charge in [0.25, 0.3) is 5.89 Å². The molecule has 0 bridgehead atoms. The molecular weight excluding hydrogens is 282 g/mol. The van der Waals surface area contributed by atoms with Gasteiger partial charge in [-0.2, -0.15) is 4.98 Å². The van der Waals surface area contributed by atoms with Gasteiger partial charge in [-0.1, -0.05) is 5.16 Å². The topological polar surface area (TPSA) is 89.4 Å². The Morgan fingerprint density at radius 3 is 3.05 bits per heavy atom. The summed E-state index contributed by atoms with van der Waals surface area (Å²) in [6.45, 7) is 2.56. The first-order valence-corrected chi connectivity index (χ1v) is 8.06. The molecule has 0 unspecified atom stereocenters. The molecule has 1 saturated heterocycles. The molecule has 0 aromatic carbocycles. The molecule has 8 heteroatoms. The first-order chi connectivity index (χ1) is 9.60. The third kappa shape index (κ3) is 2.36. The van der Waals surface area contributed by atoms with Gasteiger partial charge >= 0.3 is 0 Å². The van der Waals surface area contributed by atoms with Crippen molar-refractivity contribution in [2.75, 3.05) is 18.8 Å². The third-order valence-electron chi connectivity index (χ3n) is 3.45. The van der Waals surface area contributed by atoms with Gasteiger partial charge in [0.2, 0.25) is 10.0 Å². The van der Waals surface area contributed by atoms with Crippen LogP contribution in [0.2, 0.25) is 0 Å². The van der Waals surface area contributed by atoms with E-state index in [9.17, 15) is 8.42 Å². The molecule has 2 aromatic rings. The van der Waals surface area contributed by atoms with Gasteiger partial charge in [0.15, 0.2) is 11.6 Å². The zero-order valence-corrected chi connectivity index (χ0v) is 11.8. The predicted molar refractivity (Wildman–Crippen MR) is 70.4 cm³/mol. The summed E-state index contributed by atoms with van der Waals surface area (Å²) in [6.07, 6.45) is 2.24. The monoisotopic (exact) mass is 297 g/mol. The first-order valence-electron chi connectivity index (χ1n) is 6.45. The molecular formula is C12H15N3O4S. The van der Waals surface area contributed by atoms with Crippen LogP contribution in [0, 0.1) is 0 Å². The second-order valence-electron chi connectivity index (χ2n) is 4.68. The molecule has 1 atom stereocenters. The van der Waals surface area contributed by atoms with Crippen LogP contribution in [-0.4, -0.2) is 41.7 Å². The normalized spacial score (nSPS) is 20.6. The Kier molecular flexibility index (Phi) is 3.35. The molecule has 0 amide bonds. The Morgan fingerprint density at radius 2 is 2.35 bits per heavy atom. The van der Waals surface area contributed by atoms with E-state index in [-0.39, 0.29) is 11.7 Å². The highest BCUT2D eigenvalue weighted by Crippen LogP contribution is 2.28. The summed E-state index contributed by atoms with van der Waals surface area (Å²) in [5.41, 5.74) is 0. The third-order valence-corrected chi connectivity index (χ3v) is 5.30. The highest BCUT2D eigenvalue weighted by atomic mass is 32.2. The van der Waals surface area contributed by atoms with Crippen molar-refractivity contribution >= 4 is 10.0 Å². The minimum Gasteiger partial charge on any atom is -0.459 e. The summed E-state index contributed by atoms with van der Waals surface area (Å²) in [7, 11) is -3.15. The molecule has 3 rings (SSSR count). The lowest BCUT2D eigenvalue weighted by atomic mass is 10.1. The number of rotatable bonds is 4. The minimum absolute atomic E-state index is 0.0243. The molecule has 1 aliphatic heterocycles. The lowest BCUT2D eigenvalue weighted by Gasteiger charge is -2.13. The fourth-order valence-corrected chi connectivity index (χ4v) is 3.43. The summed E-state index contributed by atoms with van der Waals surface area (Å²) in [4.78, 5) is 4.28. The summed E-state index contributed by atoms with van der Waals surface area (Å²) in [5, 5.41) is 3.93. The first kappa shape index (κ1) is 13.3. The van der Waals surface area contributed by atoms with Crippen molar-refractivity contribution in [1.29, 1.82) is 0 Å². The average Bonchev–Trinajstić information content (AvgIpc) is 3.17. The standard InChI is InChI=1S/C12H15N3O4S/c1-2-20(16,17)15-6-5-9(8-15)11-13-12(19-14-11)10-4-3-7-18-10/h3-4,7,9H,2,5-6,8H2,1H3/t9-/m1/s1. The molecule has 3 heterocycles. The molecule has 0 spiro atoms. The maximum atomic E-state index is 11.8. The van der Waals surface area contributed by atoms with E-state index in [0.717, 1.165) is 0 Å². The van der Waals surface area contributed by atoms with Crippen LogP contribution < -0.4 is 0 Å². The summed E-state index contributed by atoms with van der Waals surface area (Å²) >= 11 is 0. The summed E-state index contributed by atoms with van der Waals surface area (Å²) in [5.74, 6) is 1.46. The Balaban J connectivity index is 1.76. The van der Waals surface area contributed by atoms with Crippen LogP contribution in [0.3, 0.4) is 0 Å². The number of hydrogen-bond donors (Lipinski definition) is 0. The van der Waals surface area contributed by atoms with Gasteiger partial charge in [-0.25, -0.2) is 12.7 Å². The van der Waals surface area contributed by atoms with Gasteiger partial charge in [0.05, 0.1) is 12.0 Å². The van der Waals surface area contributed by atoms with Crippen LogP contribution in [0.15, 0.2) is 27.3 Å². The van der Waals surface area contributed by atoms with E-state index in [1.54, 1.807) is 19.1 Å². The molecule has 20 heavy (non-hydrogen) atoms. The quantitative estimate of drug-likeness (QED) is 0.849. The van der Waals surface area contributed by atoms with Crippen molar-refractivity contribution in [3.63, 3.8) is 0 Å². The maximum Gasteiger partial charge on any atom is 0.293 e. The van der Waals surface area contributed by atoms with Crippen molar-refractivity contribution in [3.8, 4) is 11.7 Å². The van der Waals surface area contributed by atoms with Gasteiger partial charge in [-0.15, -0.1) is 0 Å². The second kappa shape index (κ2) is 5.02. The van der Waals surface area contributed by atoms with Gasteiger partial charge < -0.3 is 8.94 Å². The molecule has 1 aliphatic rings. The maximum absolute atomic E-state index is 11.8. The molecule has 2 aromatic heterocycles. The summed E-state index contributed by atoms with van der Waals surface area (Å²) < 4.78 is 35.5. The van der Waals surface area contributed by atoms with Crippen LogP contribution in [0.4, 0.5) is 0 Å². The van der Waals surface area contributed by atoms with Crippen LogP contribution in [0.5, 0.6) is 0 Å². The van der Waals surface area contributed by atoms with E-state index >= 15 is 0 Å². The Morgan fingerprint density at radius 1 is 1.50 bits per heavy atom. The second-order valence-corrected chi connectivity index (χ2v) is 6.94. The molecule has 108 valence electrons. The molecule has 7 nitrogen and oxygen atoms in total. The van der Waals surface area contributed by atoms with E-state index in [4.69, 9.17) is 8.94 Å². The predicted octanol–water partition coefficient (Wildman–Crippen LogP) is 1.47. The Bertz CT molecular complexity index is 677. The molecule has 0 radical (unpaired) electrons. The van der Waals surface area contributed by atoms with Crippen LogP contribution in [0.1, 0.15) is 25.1 Å². The number of furan rings is 1. The van der Waals surface area contributed by atoms with Crippen molar-refractivity contribution in [2.45, 2.75) is 19.3 Å². The molecule has 0 aliphatic carbocycles. The SMILES string of the molecule is CCS(=O)(=O)N1CC[C@@H](c2noc(-c3ccco3)n2)C1. The van der Waals surface area contributed by atoms with Crippen LogP contribution >= 0.6 is 0 Å². The van der Waals surface area contributed by atoms with Crippen LogP contribution in [0.25, 0.3) is 11.7 Å². The lowest BCUT2D eigenvalue weighted by molar-refractivity contribution is 0.403. The molecule has 0 saturated carbocycles. The van der Waals surface area contributed by atoms with Gasteiger partial charge in [-0.3, -0.25) is 0 Å². The molecule has 0 N–H and O–H groups in total. The van der Waals surface area contributed by atoms with Crippen molar-refractivity contribution in [3.05, 3.63) is 24.2 Å². The largest absolute Gasteiger partial charge is 0.459 e. The van der Waals surface area contributed by atoms with E-state index in [2.05, 4.69) is 10.1 Å². The van der Waals surface area contributed by atoms with E-state index < -0.39 is 10.0 Å². The highest BCUT2D eigenvalue weighted by Gasteiger charge is 2.33. The van der Waals surface area contributed by atoms with Crippen molar-refractivity contribution < 1.29 is 17.4 Å². The minimum atomic E-state index is -3.15. The smallest absolute Gasteiger partial charge is 0.293 e. The Hall–Kier alpha value is -1.67. The van der Waals surface area contributed by atoms with Gasteiger partial charge in [0.1, 0.15) is 0 Å². The lowest BCUT2D eigenvalue weighted by Crippen LogP contribution is -2.30. The summed E-state index contributed by atoms with van der Waals surface area (Å²) in [6, 6.07) is 3.48. The fraction of sp³-hybridized carbons (Fsp3) is 0.500. The zero-order chi connectivity index (χ0) is 14.2. The van der Waals surface area contributed by atoms with Crippen molar-refractivity contribution in [2.24, 2.45) is 0 Å². The fourth-order valence-electron chi connectivity index (χ4n) is 2.28. The van der Waals surface area contributed by atoms with E-state index in [1.165, 1.54) is 10.6 Å².